The van der Waals surface area contributed by atoms with Crippen LogP contribution in [0, 0.1) is 0 Å². The summed E-state index contributed by atoms with van der Waals surface area (Å²) in [4.78, 5) is 20.5. The molecule has 0 unspecified atom stereocenters. The Labute approximate surface area is 76.3 Å². The van der Waals surface area contributed by atoms with E-state index in [9.17, 15) is 9.59 Å². The van der Waals surface area contributed by atoms with Crippen LogP contribution < -0.4 is 0 Å². The molecule has 0 aromatic carbocycles. The first-order chi connectivity index (χ1) is 6.07. The van der Waals surface area contributed by atoms with Gasteiger partial charge in [0.25, 0.3) is 0 Å². The average molecular weight is 190 g/mol. The summed E-state index contributed by atoms with van der Waals surface area (Å²) in [7, 11) is 1.33. The molecule has 0 aliphatic heterocycles. The normalized spacial score (nSPS) is 12.4. The Hall–Kier alpha value is -1.10. The first-order valence-electron chi connectivity index (χ1n) is 4.05. The number of carbonyl (C=O) groups is 2. The number of aliphatic carboxylic acids is 2. The molecule has 0 aliphatic carbocycles. The fourth-order valence-electron chi connectivity index (χ4n) is 0.948. The van der Waals surface area contributed by atoms with Crippen molar-refractivity contribution < 1.29 is 24.5 Å². The van der Waals surface area contributed by atoms with Gasteiger partial charge in [0, 0.05) is 13.5 Å². The van der Waals surface area contributed by atoms with Crippen molar-refractivity contribution in [2.24, 2.45) is 0 Å². The lowest BCUT2D eigenvalue weighted by Crippen LogP contribution is -2.22. The predicted octanol–water partition coefficient (Wildman–Crippen LogP) is 0.731. The molecule has 0 rings (SSSR count). The molecule has 0 amide bonds. The molecule has 0 aromatic heterocycles. The molecule has 0 saturated carbocycles. The summed E-state index contributed by atoms with van der Waals surface area (Å²) in [5, 5.41) is 16.8. The maximum atomic E-state index is 10.4. The van der Waals surface area contributed by atoms with Gasteiger partial charge in [0.15, 0.2) is 6.10 Å². The van der Waals surface area contributed by atoms with Gasteiger partial charge in [-0.3, -0.25) is 4.79 Å². The highest BCUT2D eigenvalue weighted by molar-refractivity contribution is 5.72. The highest BCUT2D eigenvalue weighted by Gasteiger charge is 2.15. The van der Waals surface area contributed by atoms with Crippen LogP contribution in [0.5, 0.6) is 0 Å². The largest absolute Gasteiger partial charge is 0.481 e. The van der Waals surface area contributed by atoms with Crippen molar-refractivity contribution >= 4 is 11.9 Å². The topological polar surface area (TPSA) is 83.8 Å². The van der Waals surface area contributed by atoms with E-state index in [0.717, 1.165) is 0 Å². The van der Waals surface area contributed by atoms with E-state index in [4.69, 9.17) is 10.2 Å². The van der Waals surface area contributed by atoms with Crippen molar-refractivity contribution in [2.45, 2.75) is 31.8 Å². The first kappa shape index (κ1) is 11.9. The molecule has 0 aliphatic rings. The Morgan fingerprint density at radius 1 is 1.31 bits per heavy atom. The molecule has 2 N–H and O–H groups in total. The second kappa shape index (κ2) is 6.42. The number of hydrogen-bond donors (Lipinski definition) is 2. The van der Waals surface area contributed by atoms with E-state index >= 15 is 0 Å². The van der Waals surface area contributed by atoms with Crippen LogP contribution in [0.3, 0.4) is 0 Å². The third-order valence-corrected chi connectivity index (χ3v) is 1.67. The lowest BCUT2D eigenvalue weighted by molar-refractivity contribution is -0.148. The molecule has 0 spiro atoms. The van der Waals surface area contributed by atoms with Crippen molar-refractivity contribution in [3.05, 3.63) is 0 Å². The summed E-state index contributed by atoms with van der Waals surface area (Å²) in [5.74, 6) is -1.86. The molecule has 1 atom stereocenters. The van der Waals surface area contributed by atoms with E-state index in [1.807, 2.05) is 0 Å². The lowest BCUT2D eigenvalue weighted by Gasteiger charge is -2.08. The molecule has 5 nitrogen and oxygen atoms in total. The maximum Gasteiger partial charge on any atom is 0.332 e. The van der Waals surface area contributed by atoms with Crippen LogP contribution in [0.15, 0.2) is 0 Å². The Bertz CT molecular complexity index is 177. The number of rotatable bonds is 7. The molecule has 0 aromatic rings. The highest BCUT2D eigenvalue weighted by atomic mass is 16.5. The molecule has 0 heterocycles. The van der Waals surface area contributed by atoms with Gasteiger partial charge in [-0.25, -0.2) is 4.79 Å². The fourth-order valence-corrected chi connectivity index (χ4v) is 0.948. The van der Waals surface area contributed by atoms with Crippen LogP contribution in [-0.2, 0) is 14.3 Å². The summed E-state index contributed by atoms with van der Waals surface area (Å²) >= 11 is 0. The fraction of sp³-hybridized carbons (Fsp3) is 0.750. The molecule has 0 radical (unpaired) electrons. The van der Waals surface area contributed by atoms with Crippen LogP contribution in [0.4, 0.5) is 0 Å². The number of hydrogen-bond acceptors (Lipinski definition) is 3. The molecular weight excluding hydrogens is 176 g/mol. The number of carboxylic acids is 2. The highest BCUT2D eigenvalue weighted by Crippen LogP contribution is 2.06. The first-order valence-corrected chi connectivity index (χ1v) is 4.05. The van der Waals surface area contributed by atoms with Crippen LogP contribution in [0.25, 0.3) is 0 Å². The van der Waals surface area contributed by atoms with Gasteiger partial charge >= 0.3 is 11.9 Å². The number of carboxylic acid groups (broad SMARTS) is 2. The zero-order valence-corrected chi connectivity index (χ0v) is 7.52. The molecular formula is C8H14O5. The van der Waals surface area contributed by atoms with Crippen LogP contribution in [0.2, 0.25) is 0 Å². The number of methoxy groups -OCH3 is 1. The SMILES string of the molecule is CO[C@@H](CCCCC(=O)O)C(=O)O. The van der Waals surface area contributed by atoms with E-state index in [0.29, 0.717) is 19.3 Å². The van der Waals surface area contributed by atoms with E-state index in [1.165, 1.54) is 7.11 Å². The lowest BCUT2D eigenvalue weighted by atomic mass is 10.1. The molecule has 76 valence electrons. The molecule has 13 heavy (non-hydrogen) atoms. The van der Waals surface area contributed by atoms with E-state index in [-0.39, 0.29) is 6.42 Å². The summed E-state index contributed by atoms with van der Waals surface area (Å²) < 4.78 is 4.67. The van der Waals surface area contributed by atoms with E-state index in [1.54, 1.807) is 0 Å². The predicted molar refractivity (Wildman–Crippen MR) is 44.5 cm³/mol. The monoisotopic (exact) mass is 190 g/mol. The molecule has 0 saturated heterocycles. The van der Waals surface area contributed by atoms with Crippen molar-refractivity contribution in [3.8, 4) is 0 Å². The maximum absolute atomic E-state index is 10.4. The van der Waals surface area contributed by atoms with E-state index < -0.39 is 18.0 Å². The van der Waals surface area contributed by atoms with Crippen LogP contribution in [0.1, 0.15) is 25.7 Å². The quantitative estimate of drug-likeness (QED) is 0.578. The van der Waals surface area contributed by atoms with Gasteiger partial charge in [-0.15, -0.1) is 0 Å². The smallest absolute Gasteiger partial charge is 0.332 e. The third-order valence-electron chi connectivity index (χ3n) is 1.67. The van der Waals surface area contributed by atoms with Crippen molar-refractivity contribution in [1.82, 2.24) is 0 Å². The Kier molecular flexibility index (Phi) is 5.88. The van der Waals surface area contributed by atoms with Gasteiger partial charge in [0.2, 0.25) is 0 Å². The Morgan fingerprint density at radius 3 is 2.31 bits per heavy atom. The second-order valence-electron chi connectivity index (χ2n) is 2.70. The van der Waals surface area contributed by atoms with Gasteiger partial charge in [-0.1, -0.05) is 0 Å². The van der Waals surface area contributed by atoms with Crippen molar-refractivity contribution in [3.63, 3.8) is 0 Å². The van der Waals surface area contributed by atoms with Gasteiger partial charge in [-0.2, -0.15) is 0 Å². The second-order valence-corrected chi connectivity index (χ2v) is 2.70. The summed E-state index contributed by atoms with van der Waals surface area (Å²) in [6.07, 6.45) is 0.670. The molecule has 5 heteroatoms. The van der Waals surface area contributed by atoms with E-state index in [2.05, 4.69) is 4.74 Å². The summed E-state index contributed by atoms with van der Waals surface area (Å²) in [5.41, 5.74) is 0. The van der Waals surface area contributed by atoms with Gasteiger partial charge in [0.05, 0.1) is 0 Å². The summed E-state index contributed by atoms with van der Waals surface area (Å²) in [6, 6.07) is 0. The van der Waals surface area contributed by atoms with Crippen LogP contribution >= 0.6 is 0 Å². The zero-order chi connectivity index (χ0) is 10.3. The van der Waals surface area contributed by atoms with Gasteiger partial charge < -0.3 is 14.9 Å². The standard InChI is InChI=1S/C8H14O5/c1-13-6(8(11)12)4-2-3-5-7(9)10/h6H,2-5H2,1H3,(H,9,10)(H,11,12)/t6-/m0/s1. The Morgan fingerprint density at radius 2 is 1.92 bits per heavy atom. The van der Waals surface area contributed by atoms with Crippen molar-refractivity contribution in [1.29, 1.82) is 0 Å². The summed E-state index contributed by atoms with van der Waals surface area (Å²) in [6.45, 7) is 0. The third kappa shape index (κ3) is 6.10. The van der Waals surface area contributed by atoms with Gasteiger partial charge in [0.1, 0.15) is 0 Å². The number of ether oxygens (including phenoxy) is 1. The van der Waals surface area contributed by atoms with Crippen molar-refractivity contribution in [2.75, 3.05) is 7.11 Å². The average Bonchev–Trinajstić information content (AvgIpc) is 2.03. The Balaban J connectivity index is 3.50. The minimum atomic E-state index is -1.00. The van der Waals surface area contributed by atoms with Crippen LogP contribution in [-0.4, -0.2) is 35.4 Å². The minimum absolute atomic E-state index is 0.0794. The van der Waals surface area contributed by atoms with Gasteiger partial charge in [-0.05, 0) is 19.3 Å². The zero-order valence-electron chi connectivity index (χ0n) is 7.52. The minimum Gasteiger partial charge on any atom is -0.481 e. The number of unbranched alkanes of at least 4 members (excludes halogenated alkanes) is 1. The molecule has 0 fully saturated rings. The molecule has 0 bridgehead atoms.